The van der Waals surface area contributed by atoms with Gasteiger partial charge in [0.15, 0.2) is 0 Å². The Balaban J connectivity index is 1.59. The highest BCUT2D eigenvalue weighted by atomic mass is 32.2. The second-order valence-electron chi connectivity index (χ2n) is 12.6. The first-order chi connectivity index (χ1) is 23.6. The molecule has 1 aliphatic heterocycles. The van der Waals surface area contributed by atoms with Gasteiger partial charge in [-0.25, -0.2) is 0 Å². The zero-order valence-corrected chi connectivity index (χ0v) is 30.2. The van der Waals surface area contributed by atoms with Crippen molar-refractivity contribution < 1.29 is 29.3 Å². The van der Waals surface area contributed by atoms with Crippen LogP contribution in [0.25, 0.3) is 0 Å². The first-order valence-electron chi connectivity index (χ1n) is 17.7. The van der Waals surface area contributed by atoms with E-state index in [1.807, 2.05) is 36.9 Å². The largest absolute Gasteiger partial charge is 0.493 e. The Morgan fingerprint density at radius 1 is 1.04 bits per heavy atom. The fourth-order valence-electron chi connectivity index (χ4n) is 7.75. The predicted octanol–water partition coefficient (Wildman–Crippen LogP) is 8.26. The van der Waals surface area contributed by atoms with E-state index in [4.69, 9.17) is 24.2 Å². The second kappa shape index (κ2) is 18.5. The van der Waals surface area contributed by atoms with E-state index in [2.05, 4.69) is 56.0 Å². The molecule has 0 unspecified atom stereocenters. The van der Waals surface area contributed by atoms with Crippen LogP contribution < -0.4 is 9.47 Å². The number of unbranched alkanes of at least 4 members (excludes halogenated alkanes) is 2. The molecule has 262 valence electrons. The smallest absolute Gasteiger partial charge is 0.230 e. The summed E-state index contributed by atoms with van der Waals surface area (Å²) in [7, 11) is 0. The lowest BCUT2D eigenvalue weighted by molar-refractivity contribution is -0.223. The lowest BCUT2D eigenvalue weighted by Gasteiger charge is -2.58. The van der Waals surface area contributed by atoms with Crippen molar-refractivity contribution in [1.29, 1.82) is 0 Å². The van der Waals surface area contributed by atoms with Gasteiger partial charge in [-0.1, -0.05) is 55.3 Å². The minimum atomic E-state index is -0.913. The predicted molar refractivity (Wildman–Crippen MR) is 197 cm³/mol. The summed E-state index contributed by atoms with van der Waals surface area (Å²) < 4.78 is 20.4. The molecule has 9 heteroatoms. The number of rotatable bonds is 20. The summed E-state index contributed by atoms with van der Waals surface area (Å²) >= 11 is 3.65. The van der Waals surface area contributed by atoms with Crippen LogP contribution in [0.15, 0.2) is 82.9 Å². The quantitative estimate of drug-likeness (QED) is 0.0620. The van der Waals surface area contributed by atoms with Crippen LogP contribution in [0.2, 0.25) is 0 Å². The van der Waals surface area contributed by atoms with Gasteiger partial charge in [-0.3, -0.25) is 0 Å². The molecule has 1 fully saturated rings. The molecule has 3 aliphatic rings. The fourth-order valence-corrected chi connectivity index (χ4v) is 9.67. The highest BCUT2D eigenvalue weighted by Gasteiger charge is 2.63. The first-order valence-corrected chi connectivity index (χ1v) is 19.8. The van der Waals surface area contributed by atoms with E-state index in [1.54, 1.807) is 11.8 Å². The lowest BCUT2D eigenvalue weighted by Crippen LogP contribution is -2.64. The summed E-state index contributed by atoms with van der Waals surface area (Å²) in [5.41, 5.74) is 3.29. The first kappa shape index (κ1) is 36.8. The molecule has 5 rings (SSSR count). The number of fused-ring (bicyclic) bond motifs is 2. The SMILES string of the molecule is C=CCO[C@@]12Oc3ccc(OCCSc4ccccc4)cc3[C@H]3[C@H](CCCCO)[C@@H](CCCCO)C=C(C(=NOCC)C[C@@H]1SCC)[C@H]32. The number of nitrogens with zero attached hydrogens (tertiary/aromatic N) is 1. The summed E-state index contributed by atoms with van der Waals surface area (Å²) in [4.78, 5) is 6.99. The topological polar surface area (TPSA) is 89.7 Å². The molecule has 2 aromatic carbocycles. The van der Waals surface area contributed by atoms with Gasteiger partial charge in [0.1, 0.15) is 18.1 Å². The van der Waals surface area contributed by atoms with Crippen LogP contribution in [0, 0.1) is 17.8 Å². The number of aliphatic hydroxyl groups is 2. The molecule has 0 saturated heterocycles. The van der Waals surface area contributed by atoms with Crippen molar-refractivity contribution in [2.45, 2.75) is 80.6 Å². The van der Waals surface area contributed by atoms with Crippen LogP contribution >= 0.6 is 23.5 Å². The van der Waals surface area contributed by atoms with Gasteiger partial charge in [0, 0.05) is 41.8 Å². The minimum Gasteiger partial charge on any atom is -0.493 e. The third kappa shape index (κ3) is 8.47. The van der Waals surface area contributed by atoms with Crippen LogP contribution in [0.5, 0.6) is 11.5 Å². The number of ether oxygens (including phenoxy) is 3. The molecule has 6 atom stereocenters. The third-order valence-corrected chi connectivity index (χ3v) is 11.9. The molecule has 0 bridgehead atoms. The molecule has 0 spiro atoms. The summed E-state index contributed by atoms with van der Waals surface area (Å²) in [6, 6.07) is 16.7. The number of hydrogen-bond acceptors (Lipinski definition) is 9. The van der Waals surface area contributed by atoms with Crippen LogP contribution in [0.4, 0.5) is 0 Å². The highest BCUT2D eigenvalue weighted by molar-refractivity contribution is 8.00. The zero-order chi connectivity index (χ0) is 33.8. The number of oxime groups is 1. The molecule has 1 saturated carbocycles. The maximum Gasteiger partial charge on any atom is 0.230 e. The molecule has 2 aliphatic carbocycles. The van der Waals surface area contributed by atoms with Crippen molar-refractivity contribution in [2.24, 2.45) is 22.9 Å². The molecule has 2 N–H and O–H groups in total. The normalized spacial score (nSPS) is 26.6. The van der Waals surface area contributed by atoms with Crippen molar-refractivity contribution >= 4 is 29.2 Å². The van der Waals surface area contributed by atoms with Gasteiger partial charge < -0.3 is 29.3 Å². The Morgan fingerprint density at radius 3 is 2.56 bits per heavy atom. The van der Waals surface area contributed by atoms with Crippen LogP contribution in [0.3, 0.4) is 0 Å². The second-order valence-corrected chi connectivity index (χ2v) is 15.3. The van der Waals surface area contributed by atoms with Gasteiger partial charge in [-0.15, -0.1) is 18.3 Å². The monoisotopic (exact) mass is 695 g/mol. The van der Waals surface area contributed by atoms with E-state index >= 15 is 0 Å². The van der Waals surface area contributed by atoms with Crippen molar-refractivity contribution in [3.05, 3.63) is 78.4 Å². The fraction of sp³-hybridized carbons (Fsp3) is 0.564. The molecular weight excluding hydrogens is 643 g/mol. The molecule has 1 heterocycles. The van der Waals surface area contributed by atoms with Crippen molar-refractivity contribution in [3.8, 4) is 11.5 Å². The van der Waals surface area contributed by atoms with Crippen molar-refractivity contribution in [1.82, 2.24) is 0 Å². The van der Waals surface area contributed by atoms with Gasteiger partial charge >= 0.3 is 0 Å². The standard InChI is InChI=1S/C39H53NO6S2/c1-4-22-44-39-36(47-6-3)27-34(40-45-5-2)32-25-28(14-10-12-20-41)31(17-11-13-21-42)37(38(32)39)33-26-29(18-19-35(33)46-39)43-23-24-48-30-15-8-7-9-16-30/h4,7-9,15-16,18-19,25-26,28,31,36-38,41-42H,1,5-6,10-14,17,20-24,27H2,2-3H3/t28-,31+,36-,37+,38+,39+/m0/s1. The van der Waals surface area contributed by atoms with E-state index in [-0.39, 0.29) is 42.1 Å². The summed E-state index contributed by atoms with van der Waals surface area (Å²) in [6.45, 7) is 9.99. The number of benzene rings is 2. The average Bonchev–Trinajstić information content (AvgIpc) is 3.11. The molecule has 0 radical (unpaired) electrons. The van der Waals surface area contributed by atoms with E-state index < -0.39 is 5.79 Å². The van der Waals surface area contributed by atoms with Gasteiger partial charge in [0.2, 0.25) is 5.79 Å². The van der Waals surface area contributed by atoms with E-state index in [1.165, 1.54) is 4.90 Å². The summed E-state index contributed by atoms with van der Waals surface area (Å²) in [5.74, 6) is 3.04. The maximum atomic E-state index is 9.78. The maximum absolute atomic E-state index is 9.78. The van der Waals surface area contributed by atoms with E-state index in [0.29, 0.717) is 26.2 Å². The molecule has 0 aromatic heterocycles. The number of aliphatic hydroxyl groups excluding tert-OH is 2. The molecule has 0 amide bonds. The van der Waals surface area contributed by atoms with Gasteiger partial charge in [-0.2, -0.15) is 11.8 Å². The molecule has 48 heavy (non-hydrogen) atoms. The minimum absolute atomic E-state index is 0.00516. The third-order valence-electron chi connectivity index (χ3n) is 9.66. The van der Waals surface area contributed by atoms with Gasteiger partial charge in [0.25, 0.3) is 0 Å². The van der Waals surface area contributed by atoms with Gasteiger partial charge in [0.05, 0.1) is 30.1 Å². The Morgan fingerprint density at radius 2 is 1.83 bits per heavy atom. The zero-order valence-electron chi connectivity index (χ0n) is 28.6. The van der Waals surface area contributed by atoms with Crippen LogP contribution in [0.1, 0.15) is 70.3 Å². The Hall–Kier alpha value is -2.43. The van der Waals surface area contributed by atoms with E-state index in [9.17, 15) is 10.2 Å². The Labute approximate surface area is 295 Å². The van der Waals surface area contributed by atoms with Gasteiger partial charge in [-0.05, 0) is 86.1 Å². The highest BCUT2D eigenvalue weighted by Crippen LogP contribution is 2.62. The van der Waals surface area contributed by atoms with E-state index in [0.717, 1.165) is 78.4 Å². The Kier molecular flexibility index (Phi) is 14.2. The Bertz CT molecular complexity index is 1370. The molecule has 7 nitrogen and oxygen atoms in total. The summed E-state index contributed by atoms with van der Waals surface area (Å²) in [6.07, 6.45) is 10.3. The number of hydrogen-bond donors (Lipinski definition) is 2. The van der Waals surface area contributed by atoms with Crippen molar-refractivity contribution in [3.63, 3.8) is 0 Å². The van der Waals surface area contributed by atoms with Crippen LogP contribution in [-0.2, 0) is 9.57 Å². The lowest BCUT2D eigenvalue weighted by atomic mass is 9.56. The van der Waals surface area contributed by atoms with Crippen LogP contribution in [-0.4, -0.2) is 71.5 Å². The number of allylic oxidation sites excluding steroid dienone is 1. The number of thioether (sulfide) groups is 2. The summed E-state index contributed by atoms with van der Waals surface area (Å²) in [5, 5.41) is 24.2. The average molecular weight is 696 g/mol. The van der Waals surface area contributed by atoms with Crippen molar-refractivity contribution in [2.75, 3.05) is 44.5 Å². The molecular formula is C39H53NO6S2. The molecule has 2 aromatic rings.